The number of carbonyl (C=O) groups excluding carboxylic acids is 2. The van der Waals surface area contributed by atoms with Crippen LogP contribution in [0, 0.1) is 6.92 Å². The number of carbonyl (C=O) groups is 2. The summed E-state index contributed by atoms with van der Waals surface area (Å²) in [4.78, 5) is 38.7. The van der Waals surface area contributed by atoms with E-state index in [-0.39, 0.29) is 25.0 Å². The SMILES string of the molecule is Cc1cc(-c2[nH]c3ccc(C4CCN(CC(=O)N(C)C)CC4)cc3c2C(C)C)cn2cc(C(=O)N(C)CCO)nc12. The molecule has 2 N–H and O–H groups in total. The molecule has 0 radical (unpaired) electrons. The number of piperidine rings is 1. The van der Waals surface area contributed by atoms with Crippen LogP contribution < -0.4 is 0 Å². The minimum atomic E-state index is -0.208. The summed E-state index contributed by atoms with van der Waals surface area (Å²) in [6.07, 6.45) is 5.91. The maximum atomic E-state index is 12.8. The summed E-state index contributed by atoms with van der Waals surface area (Å²) < 4.78 is 1.93. The van der Waals surface area contributed by atoms with E-state index in [1.807, 2.05) is 31.6 Å². The molecule has 218 valence electrons. The molecular weight excluding hydrogens is 516 g/mol. The number of benzene rings is 1. The lowest BCUT2D eigenvalue weighted by molar-refractivity contribution is -0.130. The minimum Gasteiger partial charge on any atom is -0.395 e. The van der Waals surface area contributed by atoms with Gasteiger partial charge in [-0.25, -0.2) is 4.98 Å². The molecule has 0 bridgehead atoms. The van der Waals surface area contributed by atoms with Gasteiger partial charge < -0.3 is 24.3 Å². The van der Waals surface area contributed by atoms with Gasteiger partial charge in [-0.15, -0.1) is 0 Å². The molecule has 0 unspecified atom stereocenters. The maximum Gasteiger partial charge on any atom is 0.273 e. The molecule has 0 saturated carbocycles. The van der Waals surface area contributed by atoms with Gasteiger partial charge in [0.05, 0.1) is 18.8 Å². The smallest absolute Gasteiger partial charge is 0.273 e. The molecule has 1 saturated heterocycles. The van der Waals surface area contributed by atoms with Crippen molar-refractivity contribution in [3.63, 3.8) is 0 Å². The van der Waals surface area contributed by atoms with E-state index in [9.17, 15) is 14.7 Å². The first-order valence-corrected chi connectivity index (χ1v) is 14.5. The Morgan fingerprint density at radius 2 is 1.85 bits per heavy atom. The first-order chi connectivity index (χ1) is 19.6. The van der Waals surface area contributed by atoms with E-state index >= 15 is 0 Å². The van der Waals surface area contributed by atoms with E-state index in [4.69, 9.17) is 0 Å². The van der Waals surface area contributed by atoms with Crippen LogP contribution in [-0.4, -0.2) is 99.9 Å². The van der Waals surface area contributed by atoms with Crippen molar-refractivity contribution >= 4 is 28.4 Å². The van der Waals surface area contributed by atoms with Crippen molar-refractivity contribution in [2.45, 2.75) is 45.4 Å². The molecule has 5 rings (SSSR count). The van der Waals surface area contributed by atoms with Gasteiger partial charge in [0.2, 0.25) is 5.91 Å². The number of hydrogen-bond donors (Lipinski definition) is 2. The fraction of sp³-hybridized carbons (Fsp3) is 0.469. The van der Waals surface area contributed by atoms with Gasteiger partial charge in [0.15, 0.2) is 0 Å². The van der Waals surface area contributed by atoms with Gasteiger partial charge in [0, 0.05) is 56.5 Å². The second-order valence-electron chi connectivity index (χ2n) is 11.9. The van der Waals surface area contributed by atoms with Gasteiger partial charge >= 0.3 is 0 Å². The van der Waals surface area contributed by atoms with Crippen molar-refractivity contribution in [2.24, 2.45) is 0 Å². The molecule has 3 aromatic heterocycles. The number of pyridine rings is 1. The molecular formula is C32H42N6O3. The number of rotatable bonds is 8. The molecule has 2 amide bonds. The second kappa shape index (κ2) is 11.7. The zero-order chi connectivity index (χ0) is 29.4. The normalized spacial score (nSPS) is 14.8. The van der Waals surface area contributed by atoms with Crippen LogP contribution in [0.1, 0.15) is 65.7 Å². The number of fused-ring (bicyclic) bond motifs is 2. The summed E-state index contributed by atoms with van der Waals surface area (Å²) in [7, 11) is 5.30. The van der Waals surface area contributed by atoms with Crippen LogP contribution in [-0.2, 0) is 4.79 Å². The van der Waals surface area contributed by atoms with Crippen molar-refractivity contribution in [1.82, 2.24) is 29.1 Å². The standard InChI is InChI=1S/C32H42N6O3/c1-20(2)29-25-16-23(22-9-11-37(12-10-22)19-28(40)35(4)5)7-8-26(25)33-30(29)24-15-21(3)31-34-27(18-38(31)17-24)32(41)36(6)13-14-39/h7-8,15-18,20,22,33,39H,9-14,19H2,1-6H3. The molecule has 1 aliphatic rings. The Morgan fingerprint density at radius 1 is 1.12 bits per heavy atom. The highest BCUT2D eigenvalue weighted by molar-refractivity contribution is 5.94. The number of aliphatic hydroxyl groups is 1. The van der Waals surface area contributed by atoms with Gasteiger partial charge in [-0.1, -0.05) is 19.9 Å². The van der Waals surface area contributed by atoms with Crippen LogP contribution in [0.5, 0.6) is 0 Å². The molecule has 9 nitrogen and oxygen atoms in total. The Balaban J connectivity index is 1.45. The van der Waals surface area contributed by atoms with Crippen LogP contribution in [0.25, 0.3) is 27.8 Å². The van der Waals surface area contributed by atoms with Gasteiger partial charge in [-0.05, 0) is 79.6 Å². The molecule has 1 aromatic carbocycles. The van der Waals surface area contributed by atoms with Crippen molar-refractivity contribution in [2.75, 3.05) is 53.9 Å². The third kappa shape index (κ3) is 5.74. The maximum absolute atomic E-state index is 12.8. The number of aromatic nitrogens is 3. The molecule has 41 heavy (non-hydrogen) atoms. The third-order valence-electron chi connectivity index (χ3n) is 8.38. The summed E-state index contributed by atoms with van der Waals surface area (Å²) in [6, 6.07) is 8.96. The van der Waals surface area contributed by atoms with Crippen molar-refractivity contribution in [3.05, 3.63) is 59.0 Å². The molecule has 1 fully saturated rings. The molecule has 0 atom stereocenters. The summed E-state index contributed by atoms with van der Waals surface area (Å²) in [6.45, 7) is 9.02. The first kappa shape index (κ1) is 28.8. The minimum absolute atomic E-state index is 0.0875. The molecule has 4 aromatic rings. The fourth-order valence-electron chi connectivity index (χ4n) is 6.02. The monoisotopic (exact) mass is 558 g/mol. The van der Waals surface area contributed by atoms with E-state index in [1.165, 1.54) is 21.4 Å². The molecule has 9 heteroatoms. The predicted octanol–water partition coefficient (Wildman–Crippen LogP) is 4.25. The molecule has 0 aliphatic carbocycles. The van der Waals surface area contributed by atoms with Gasteiger partial charge in [0.1, 0.15) is 11.3 Å². The number of aryl methyl sites for hydroxylation is 1. The summed E-state index contributed by atoms with van der Waals surface area (Å²) >= 11 is 0. The number of aromatic amines is 1. The number of likely N-dealkylation sites (tertiary alicyclic amines) is 1. The second-order valence-corrected chi connectivity index (χ2v) is 11.9. The number of nitrogens with zero attached hydrogens (tertiary/aromatic N) is 5. The number of hydrogen-bond acceptors (Lipinski definition) is 5. The lowest BCUT2D eigenvalue weighted by Crippen LogP contribution is -2.40. The number of amides is 2. The Kier molecular flexibility index (Phi) is 8.20. The van der Waals surface area contributed by atoms with Crippen LogP contribution in [0.2, 0.25) is 0 Å². The van der Waals surface area contributed by atoms with Crippen molar-refractivity contribution in [3.8, 4) is 11.3 Å². The number of aliphatic hydroxyl groups excluding tert-OH is 1. The highest BCUT2D eigenvalue weighted by atomic mass is 16.3. The van der Waals surface area contributed by atoms with Crippen molar-refractivity contribution in [1.29, 1.82) is 0 Å². The Hall–Kier alpha value is -3.69. The topological polar surface area (TPSA) is 97.2 Å². The molecule has 0 spiro atoms. The highest BCUT2D eigenvalue weighted by Gasteiger charge is 2.25. The Morgan fingerprint density at radius 3 is 2.51 bits per heavy atom. The summed E-state index contributed by atoms with van der Waals surface area (Å²) in [5, 5.41) is 10.5. The van der Waals surface area contributed by atoms with E-state index in [2.05, 4.69) is 53.0 Å². The predicted molar refractivity (Wildman–Crippen MR) is 162 cm³/mol. The number of imidazole rings is 1. The largest absolute Gasteiger partial charge is 0.395 e. The van der Waals surface area contributed by atoms with Crippen LogP contribution >= 0.6 is 0 Å². The van der Waals surface area contributed by atoms with Crippen LogP contribution in [0.15, 0.2) is 36.7 Å². The number of likely N-dealkylation sites (N-methyl/N-ethyl adjacent to an activating group) is 2. The van der Waals surface area contributed by atoms with Crippen LogP contribution in [0.4, 0.5) is 0 Å². The lowest BCUT2D eigenvalue weighted by Gasteiger charge is -2.32. The van der Waals surface area contributed by atoms with Crippen LogP contribution in [0.3, 0.4) is 0 Å². The lowest BCUT2D eigenvalue weighted by atomic mass is 9.87. The highest BCUT2D eigenvalue weighted by Crippen LogP contribution is 2.38. The molecule has 1 aliphatic heterocycles. The van der Waals surface area contributed by atoms with Crippen molar-refractivity contribution < 1.29 is 14.7 Å². The molecule has 4 heterocycles. The number of nitrogens with one attached hydrogen (secondary N) is 1. The zero-order valence-corrected chi connectivity index (χ0v) is 25.1. The van der Waals surface area contributed by atoms with Gasteiger partial charge in [0.25, 0.3) is 5.91 Å². The van der Waals surface area contributed by atoms with Gasteiger partial charge in [-0.3, -0.25) is 14.5 Å². The first-order valence-electron chi connectivity index (χ1n) is 14.5. The quantitative estimate of drug-likeness (QED) is 0.337. The van der Waals surface area contributed by atoms with E-state index in [0.717, 1.165) is 53.9 Å². The summed E-state index contributed by atoms with van der Waals surface area (Å²) in [5.74, 6) is 0.732. The fourth-order valence-corrected chi connectivity index (χ4v) is 6.02. The number of H-pyrrole nitrogens is 1. The zero-order valence-electron chi connectivity index (χ0n) is 25.1. The Labute approximate surface area is 241 Å². The van der Waals surface area contributed by atoms with E-state index in [1.54, 1.807) is 18.1 Å². The Bertz CT molecular complexity index is 1580. The van der Waals surface area contributed by atoms with Gasteiger partial charge in [-0.2, -0.15) is 0 Å². The average molecular weight is 559 g/mol. The summed E-state index contributed by atoms with van der Waals surface area (Å²) in [5.41, 5.74) is 8.00. The third-order valence-corrected chi connectivity index (χ3v) is 8.38. The average Bonchev–Trinajstić information content (AvgIpc) is 3.55. The van der Waals surface area contributed by atoms with E-state index in [0.29, 0.717) is 24.1 Å². The van der Waals surface area contributed by atoms with E-state index < -0.39 is 0 Å².